The molecule has 1 aliphatic heterocycles. The van der Waals surface area contributed by atoms with Crippen molar-refractivity contribution in [2.45, 2.75) is 176 Å². The molecule has 1 atom stereocenters. The van der Waals surface area contributed by atoms with Crippen molar-refractivity contribution in [1.82, 2.24) is 80.1 Å². The zero-order valence-corrected chi connectivity index (χ0v) is 74.8. The number of nitrogen functional groups attached to an aromatic ring is 2. The second kappa shape index (κ2) is 51.9. The zero-order chi connectivity index (χ0) is 90.5. The van der Waals surface area contributed by atoms with Crippen molar-refractivity contribution in [2.75, 3.05) is 35.2 Å². The normalized spacial score (nSPS) is 14.3. The minimum absolute atomic E-state index is 0.0586. The van der Waals surface area contributed by atoms with E-state index in [0.717, 1.165) is 85.3 Å². The SMILES string of the molecule is FC(F)(F)c1ncc(CCl)cn1.FC(F)(F)c1ncc(CSc2cnc(Br)s2)cn1.FC(F)(F)c1ncc(CSc2cnc(NC3CCCCC3)s2)cn1.FC(F)(F)c1ncc(CSc2cnc(N[C@@H]3CCCNC3)s2)cn1.N#CSc1cnc(N)s1.NC1CCCCC1.Nc1ncc(SCc2cnc(C(F)(F)F)nc2)s1.O=C(Cl)c1ccc([N+](=O)[O-])cc1. The number of aromatic nitrogens is 15. The lowest BCUT2D eigenvalue weighted by molar-refractivity contribution is -0.384. The summed E-state index contributed by atoms with van der Waals surface area (Å²) in [4.78, 5) is 73.3. The van der Waals surface area contributed by atoms with Crippen LogP contribution in [0.4, 0.5) is 92.1 Å². The first-order valence-corrected chi connectivity index (χ1v) is 46.3. The van der Waals surface area contributed by atoms with Crippen LogP contribution in [0.3, 0.4) is 0 Å². The Morgan fingerprint density at radius 3 is 1.10 bits per heavy atom. The highest BCUT2D eigenvalue weighted by atomic mass is 79.9. The Labute approximate surface area is 757 Å². The van der Waals surface area contributed by atoms with Gasteiger partial charge in [-0.1, -0.05) is 83.9 Å². The minimum Gasteiger partial charge on any atom is -0.375 e. The Bertz CT molecular complexity index is 4760. The van der Waals surface area contributed by atoms with Crippen LogP contribution in [0.25, 0.3) is 0 Å². The summed E-state index contributed by atoms with van der Waals surface area (Å²) < 4.78 is 189. The zero-order valence-electron chi connectivity index (χ0n) is 63.6. The largest absolute Gasteiger partial charge is 0.451 e. The van der Waals surface area contributed by atoms with Gasteiger partial charge in [-0.15, -0.1) is 70.0 Å². The van der Waals surface area contributed by atoms with Crippen LogP contribution >= 0.6 is 155 Å². The van der Waals surface area contributed by atoms with Crippen molar-refractivity contribution in [3.63, 3.8) is 0 Å². The highest BCUT2D eigenvalue weighted by Gasteiger charge is 2.38. The standard InChI is InChI=1S/C15H17F3N4S2.C14H16F3N5S2.C9H5BrF3N3S2.C9H7F3N4S2.C7H4ClNO3.C6H4ClF3N2.C6H13N.C4H3N3S2/c16-15(17,18)13-19-6-10(7-20-13)9-23-12-8-21-14(24-12)22-11-4-2-1-3-5-11;15-14(16,17)12-19-4-9(5-20-12)8-23-11-7-21-13(24-11)22-10-2-1-3-18-6-10;10-8-16-3-6(18-8)17-4-5-1-14-7(15-2-5)9(11,12)13;10-9(11,12)7-14-1-5(2-15-7)4-17-6-3-16-8(13)18-6;8-7(10)5-1-3-6(4-2-5)9(11)12;7-1-4-2-11-5(12-3-4)6(8,9)10;7-6-4-2-1-3-5-6;5-2-8-3-1-7-4(6)9-3/h6-8,11H,1-5,9H2,(H,21,22);4-5,7,10,18H,1-3,6,8H2,(H,21,22);1-3H,4H2;1-3H,4H2,(H2,13,16);1-4H;2-3H,1H2;6H,1-5,7H2;1H,(H2,6,7)/t;10-;;;;;;/m.1....../s1. The summed E-state index contributed by atoms with van der Waals surface area (Å²) in [6, 6.07) is 6.53. The number of alkyl halides is 16. The lowest BCUT2D eigenvalue weighted by atomic mass is 9.96. The van der Waals surface area contributed by atoms with Gasteiger partial charge in [0.25, 0.3) is 10.9 Å². The van der Waals surface area contributed by atoms with Crippen LogP contribution in [0.1, 0.15) is 144 Å². The maximum Gasteiger partial charge on any atom is 0.451 e. The van der Waals surface area contributed by atoms with Gasteiger partial charge in [-0.05, 0) is 107 Å². The molecule has 124 heavy (non-hydrogen) atoms. The van der Waals surface area contributed by atoms with E-state index in [0.29, 0.717) is 79.2 Å². The Hall–Kier alpha value is -7.79. The molecular formula is C70H69BrCl2F15N23O3S10. The van der Waals surface area contributed by atoms with Crippen LogP contribution < -0.4 is 33.2 Å². The van der Waals surface area contributed by atoms with Gasteiger partial charge in [-0.3, -0.25) is 14.9 Å². The van der Waals surface area contributed by atoms with Gasteiger partial charge < -0.3 is 33.2 Å². The molecule has 2 saturated carbocycles. The second-order valence-electron chi connectivity index (χ2n) is 25.1. The Balaban J connectivity index is 0.000000200. The van der Waals surface area contributed by atoms with E-state index in [2.05, 4.69) is 107 Å². The van der Waals surface area contributed by atoms with Gasteiger partial charge >= 0.3 is 30.9 Å². The number of nitriles is 1. The third kappa shape index (κ3) is 39.6. The third-order valence-corrected chi connectivity index (χ3v) is 26.8. The van der Waals surface area contributed by atoms with E-state index < -0.39 is 70.2 Å². The monoisotopic (exact) mass is 2030 g/mol. The number of nitro groups is 1. The van der Waals surface area contributed by atoms with Gasteiger partial charge in [0, 0.05) is 145 Å². The number of nitro benzene ring substituents is 1. The molecule has 0 unspecified atom stereocenters. The summed E-state index contributed by atoms with van der Waals surface area (Å²) in [7, 11) is 0. The summed E-state index contributed by atoms with van der Waals surface area (Å²) in [6.45, 7) is 2.00. The molecule has 11 heterocycles. The van der Waals surface area contributed by atoms with Crippen LogP contribution in [-0.2, 0) is 59.8 Å². The molecule has 0 bridgehead atoms. The van der Waals surface area contributed by atoms with E-state index in [-0.39, 0.29) is 17.1 Å². The van der Waals surface area contributed by atoms with Crippen molar-refractivity contribution >= 4 is 186 Å². The number of hydrogen-bond acceptors (Lipinski definition) is 35. The number of piperidine rings is 1. The van der Waals surface area contributed by atoms with E-state index in [1.807, 2.05) is 5.40 Å². The molecule has 2 aliphatic carbocycles. The molecule has 1 saturated heterocycles. The molecule has 10 aromatic heterocycles. The number of carbonyl (C=O) groups is 1. The Kier molecular flexibility index (Phi) is 43.2. The van der Waals surface area contributed by atoms with E-state index in [1.54, 1.807) is 53.7 Å². The van der Waals surface area contributed by atoms with Gasteiger partial charge in [0.1, 0.15) is 5.40 Å². The number of nitrogens with two attached hydrogens (primary N) is 3. The number of nitrogens with one attached hydrogen (secondary N) is 3. The Morgan fingerprint density at radius 2 is 0.806 bits per heavy atom. The van der Waals surface area contributed by atoms with Crippen LogP contribution in [0.2, 0.25) is 0 Å². The van der Waals surface area contributed by atoms with Crippen LogP contribution in [0.15, 0.2) is 142 Å². The molecule has 668 valence electrons. The number of halogens is 18. The highest BCUT2D eigenvalue weighted by molar-refractivity contribution is 9.11. The predicted octanol–water partition coefficient (Wildman–Crippen LogP) is 22.0. The van der Waals surface area contributed by atoms with Crippen molar-refractivity contribution in [3.05, 3.63) is 194 Å². The lowest BCUT2D eigenvalue weighted by Gasteiger charge is -2.23. The average molecular weight is 2040 g/mol. The van der Waals surface area contributed by atoms with Crippen LogP contribution in [0, 0.1) is 20.8 Å². The van der Waals surface area contributed by atoms with Gasteiger partial charge in [-0.2, -0.15) is 71.1 Å². The van der Waals surface area contributed by atoms with E-state index >= 15 is 0 Å². The Morgan fingerprint density at radius 1 is 0.476 bits per heavy atom. The number of thiazole rings is 5. The number of nitrogens with zero attached hydrogens (tertiary/aromatic N) is 17. The number of carbonyl (C=O) groups excluding carboxylic acids is 1. The summed E-state index contributed by atoms with van der Waals surface area (Å²) in [5.74, 6) is -3.49. The van der Waals surface area contributed by atoms with Crippen molar-refractivity contribution in [1.29, 1.82) is 5.26 Å². The number of benzene rings is 1. The lowest BCUT2D eigenvalue weighted by Crippen LogP contribution is -2.38. The molecule has 3 fully saturated rings. The van der Waals surface area contributed by atoms with Gasteiger partial charge in [0.15, 0.2) is 24.4 Å². The van der Waals surface area contributed by atoms with Crippen LogP contribution in [-0.4, -0.2) is 116 Å². The fraction of sp³-hybridized carbons (Fsp3) is 0.386. The summed E-state index contributed by atoms with van der Waals surface area (Å²) in [5.41, 5.74) is 19.6. The molecule has 26 nitrogen and oxygen atoms in total. The topological polar surface area (TPSA) is 391 Å². The smallest absolute Gasteiger partial charge is 0.375 e. The molecule has 0 radical (unpaired) electrons. The van der Waals surface area contributed by atoms with E-state index in [9.17, 15) is 80.8 Å². The average Bonchev–Trinajstić information content (AvgIpc) is 1.30. The molecule has 1 aromatic carbocycles. The predicted molar refractivity (Wildman–Crippen MR) is 456 cm³/mol. The summed E-state index contributed by atoms with van der Waals surface area (Å²) >= 11 is 27.9. The first kappa shape index (κ1) is 103. The van der Waals surface area contributed by atoms with Crippen molar-refractivity contribution < 1.29 is 75.6 Å². The molecule has 0 amide bonds. The van der Waals surface area contributed by atoms with Crippen molar-refractivity contribution in [3.8, 4) is 5.40 Å². The highest BCUT2D eigenvalue weighted by Crippen LogP contribution is 2.38. The van der Waals surface area contributed by atoms with Crippen LogP contribution in [0.5, 0.6) is 0 Å². The summed E-state index contributed by atoms with van der Waals surface area (Å²) in [6.07, 6.45) is 12.9. The number of thiocyanates is 1. The number of thioether (sulfide) groups is 5. The number of non-ortho nitro benzene ring substituents is 1. The fourth-order valence-corrected chi connectivity index (χ4v) is 19.1. The summed E-state index contributed by atoms with van der Waals surface area (Å²) in [5, 5.41) is 32.6. The fourth-order valence-electron chi connectivity index (χ4n) is 9.70. The third-order valence-electron chi connectivity index (χ3n) is 15.6. The molecule has 54 heteroatoms. The number of hydrogen-bond donors (Lipinski definition) is 6. The molecule has 11 aromatic rings. The molecule has 9 N–H and O–H groups in total. The number of anilines is 4. The maximum absolute atomic E-state index is 12.4. The van der Waals surface area contributed by atoms with Gasteiger partial charge in [0.2, 0.25) is 29.1 Å². The van der Waals surface area contributed by atoms with Gasteiger partial charge in [-0.25, -0.2) is 74.8 Å². The van der Waals surface area contributed by atoms with Crippen molar-refractivity contribution in [2.24, 2.45) is 5.73 Å². The van der Waals surface area contributed by atoms with Gasteiger partial charge in [0.05, 0.1) is 62.8 Å². The maximum atomic E-state index is 12.4. The minimum atomic E-state index is -4.50. The van der Waals surface area contributed by atoms with E-state index in [4.69, 9.17) is 45.7 Å². The van der Waals surface area contributed by atoms with E-state index in [1.165, 1.54) is 219 Å². The number of rotatable bonds is 20. The quantitative estimate of drug-likeness (QED) is 0.00785. The first-order chi connectivity index (χ1) is 58.8. The first-order valence-electron chi connectivity index (χ1n) is 35.7. The second-order valence-corrected chi connectivity index (χ2v) is 38.4. The molecule has 0 spiro atoms. The molecule has 3 aliphatic rings. The molecular weight excluding hydrogens is 1970 g/mol. The molecule has 14 rings (SSSR count).